The van der Waals surface area contributed by atoms with Crippen molar-refractivity contribution in [3.05, 3.63) is 41.4 Å². The van der Waals surface area contributed by atoms with Crippen molar-refractivity contribution < 1.29 is 0 Å². The summed E-state index contributed by atoms with van der Waals surface area (Å²) in [5.74, 6) is 0.865. The van der Waals surface area contributed by atoms with Crippen molar-refractivity contribution in [1.29, 1.82) is 0 Å². The lowest BCUT2D eigenvalue weighted by molar-refractivity contribution is 0.361. The Bertz CT molecular complexity index is 621. The van der Waals surface area contributed by atoms with Crippen molar-refractivity contribution in [3.63, 3.8) is 0 Å². The van der Waals surface area contributed by atoms with E-state index in [0.29, 0.717) is 6.04 Å². The van der Waals surface area contributed by atoms with Crippen LogP contribution in [-0.2, 0) is 0 Å². The first kappa shape index (κ1) is 12.4. The SMILES string of the molecule is CN1C[C@@H]2CN(c3ccc(-n4cnc(Br)c4)cc3)[C@@H]2C1. The van der Waals surface area contributed by atoms with E-state index in [2.05, 4.69) is 62.0 Å². The van der Waals surface area contributed by atoms with Gasteiger partial charge in [0, 0.05) is 49.2 Å². The van der Waals surface area contributed by atoms with Crippen LogP contribution < -0.4 is 4.90 Å². The number of benzene rings is 1. The van der Waals surface area contributed by atoms with E-state index < -0.39 is 0 Å². The van der Waals surface area contributed by atoms with Crippen molar-refractivity contribution in [2.45, 2.75) is 6.04 Å². The summed E-state index contributed by atoms with van der Waals surface area (Å²) >= 11 is 3.38. The van der Waals surface area contributed by atoms with Gasteiger partial charge in [-0.15, -0.1) is 0 Å². The van der Waals surface area contributed by atoms with Gasteiger partial charge in [-0.2, -0.15) is 0 Å². The molecule has 2 aliphatic heterocycles. The minimum absolute atomic E-state index is 0.716. The van der Waals surface area contributed by atoms with Gasteiger partial charge in [-0.3, -0.25) is 0 Å². The first-order valence-electron chi connectivity index (χ1n) is 6.96. The van der Waals surface area contributed by atoms with E-state index in [0.717, 1.165) is 16.2 Å². The summed E-state index contributed by atoms with van der Waals surface area (Å²) in [6, 6.07) is 9.48. The number of hydrogen-bond donors (Lipinski definition) is 0. The van der Waals surface area contributed by atoms with Gasteiger partial charge in [0.2, 0.25) is 0 Å². The molecule has 1 aromatic carbocycles. The zero-order valence-electron chi connectivity index (χ0n) is 11.4. The number of likely N-dealkylation sites (tertiary alicyclic amines) is 1. The second-order valence-corrected chi connectivity index (χ2v) is 6.63. The third-order valence-electron chi connectivity index (χ3n) is 4.45. The topological polar surface area (TPSA) is 24.3 Å². The number of rotatable bonds is 2. The van der Waals surface area contributed by atoms with E-state index in [1.165, 1.54) is 25.3 Å². The molecular formula is C15H17BrN4. The highest BCUT2D eigenvalue weighted by Gasteiger charge is 2.44. The lowest BCUT2D eigenvalue weighted by Gasteiger charge is -2.45. The fraction of sp³-hybridized carbons (Fsp3) is 0.400. The number of fused-ring (bicyclic) bond motifs is 1. The molecule has 2 saturated heterocycles. The molecule has 2 fully saturated rings. The maximum atomic E-state index is 4.19. The van der Waals surface area contributed by atoms with Gasteiger partial charge in [0.25, 0.3) is 0 Å². The Hall–Kier alpha value is -1.33. The predicted molar refractivity (Wildman–Crippen MR) is 83.4 cm³/mol. The number of imidazole rings is 1. The van der Waals surface area contributed by atoms with Crippen LogP contribution in [0.1, 0.15) is 0 Å². The van der Waals surface area contributed by atoms with Crippen LogP contribution in [0.5, 0.6) is 0 Å². The molecule has 0 radical (unpaired) electrons. The van der Waals surface area contributed by atoms with E-state index in [1.54, 1.807) is 0 Å². The zero-order valence-corrected chi connectivity index (χ0v) is 13.0. The van der Waals surface area contributed by atoms with Crippen LogP contribution in [0.3, 0.4) is 0 Å². The Morgan fingerprint density at radius 1 is 1.10 bits per heavy atom. The maximum absolute atomic E-state index is 4.19. The Kier molecular flexibility index (Phi) is 2.86. The average molecular weight is 333 g/mol. The second-order valence-electron chi connectivity index (χ2n) is 5.82. The van der Waals surface area contributed by atoms with Crippen molar-refractivity contribution >= 4 is 21.6 Å². The van der Waals surface area contributed by atoms with Crippen LogP contribution in [-0.4, -0.2) is 47.2 Å². The van der Waals surface area contributed by atoms with Crippen LogP contribution in [0.4, 0.5) is 5.69 Å². The Morgan fingerprint density at radius 2 is 1.85 bits per heavy atom. The van der Waals surface area contributed by atoms with Crippen LogP contribution >= 0.6 is 15.9 Å². The fourth-order valence-corrected chi connectivity index (χ4v) is 3.71. The average Bonchev–Trinajstić information content (AvgIpc) is 2.98. The molecule has 2 atom stereocenters. The molecule has 4 rings (SSSR count). The molecule has 3 heterocycles. The van der Waals surface area contributed by atoms with Gasteiger partial charge in [0.1, 0.15) is 10.9 Å². The number of halogens is 1. The zero-order chi connectivity index (χ0) is 13.7. The fourth-order valence-electron chi connectivity index (χ4n) is 3.40. The highest BCUT2D eigenvalue weighted by Crippen LogP contribution is 2.36. The molecule has 104 valence electrons. The van der Waals surface area contributed by atoms with Crippen LogP contribution in [0.25, 0.3) is 5.69 Å². The lowest BCUT2D eigenvalue weighted by Crippen LogP contribution is -2.55. The van der Waals surface area contributed by atoms with E-state index in [9.17, 15) is 0 Å². The number of anilines is 1. The molecule has 4 nitrogen and oxygen atoms in total. The standard InChI is InChI=1S/C15H17BrN4/c1-18-6-11-7-20(14(11)8-18)13-4-2-12(3-5-13)19-9-15(16)17-10-19/h2-5,9-11,14H,6-8H2,1H3/t11-,14-/m1/s1. The Morgan fingerprint density at radius 3 is 2.50 bits per heavy atom. The van der Waals surface area contributed by atoms with Crippen LogP contribution in [0, 0.1) is 5.92 Å². The highest BCUT2D eigenvalue weighted by molar-refractivity contribution is 9.10. The normalized spacial score (nSPS) is 25.6. The Labute approximate surface area is 127 Å². The van der Waals surface area contributed by atoms with Crippen molar-refractivity contribution in [2.75, 3.05) is 31.6 Å². The molecule has 5 heteroatoms. The Balaban J connectivity index is 1.54. The molecule has 2 aromatic rings. The highest BCUT2D eigenvalue weighted by atomic mass is 79.9. The summed E-state index contributed by atoms with van der Waals surface area (Å²) < 4.78 is 2.89. The van der Waals surface area contributed by atoms with Crippen LogP contribution in [0.2, 0.25) is 0 Å². The molecule has 0 N–H and O–H groups in total. The van der Waals surface area contributed by atoms with Crippen molar-refractivity contribution in [1.82, 2.24) is 14.5 Å². The molecule has 0 saturated carbocycles. The van der Waals surface area contributed by atoms with Crippen molar-refractivity contribution in [2.24, 2.45) is 5.92 Å². The molecule has 1 aromatic heterocycles. The minimum Gasteiger partial charge on any atom is -0.366 e. The molecule has 0 bridgehead atoms. The van der Waals surface area contributed by atoms with E-state index >= 15 is 0 Å². The third-order valence-corrected chi connectivity index (χ3v) is 4.86. The number of likely N-dealkylation sites (N-methyl/N-ethyl adjacent to an activating group) is 1. The largest absolute Gasteiger partial charge is 0.366 e. The quantitative estimate of drug-likeness (QED) is 0.843. The van der Waals surface area contributed by atoms with Gasteiger partial charge in [0.15, 0.2) is 0 Å². The van der Waals surface area contributed by atoms with Crippen LogP contribution in [0.15, 0.2) is 41.4 Å². The summed E-state index contributed by atoms with van der Waals surface area (Å²) in [6.07, 6.45) is 3.80. The third kappa shape index (κ3) is 1.96. The van der Waals surface area contributed by atoms with Crippen molar-refractivity contribution in [3.8, 4) is 5.69 Å². The van der Waals surface area contributed by atoms with E-state index in [4.69, 9.17) is 0 Å². The molecule has 2 aliphatic rings. The van der Waals surface area contributed by atoms with Gasteiger partial charge in [-0.1, -0.05) is 0 Å². The number of aromatic nitrogens is 2. The number of hydrogen-bond acceptors (Lipinski definition) is 3. The predicted octanol–water partition coefficient (Wildman–Crippen LogP) is 2.39. The first-order chi connectivity index (χ1) is 9.70. The molecule has 0 unspecified atom stereocenters. The summed E-state index contributed by atoms with van der Waals surface area (Å²) in [7, 11) is 2.22. The molecule has 0 amide bonds. The molecule has 0 aliphatic carbocycles. The summed E-state index contributed by atoms with van der Waals surface area (Å²) in [6.45, 7) is 3.65. The van der Waals surface area contributed by atoms with Gasteiger partial charge in [-0.05, 0) is 47.2 Å². The smallest absolute Gasteiger partial charge is 0.124 e. The van der Waals surface area contributed by atoms with Gasteiger partial charge < -0.3 is 14.4 Å². The monoisotopic (exact) mass is 332 g/mol. The van der Waals surface area contributed by atoms with Gasteiger partial charge in [0.05, 0.1) is 0 Å². The molecular weight excluding hydrogens is 316 g/mol. The van der Waals surface area contributed by atoms with E-state index in [-0.39, 0.29) is 0 Å². The summed E-state index contributed by atoms with van der Waals surface area (Å²) in [4.78, 5) is 9.16. The molecule has 20 heavy (non-hydrogen) atoms. The molecule has 0 spiro atoms. The minimum atomic E-state index is 0.716. The summed E-state index contributed by atoms with van der Waals surface area (Å²) in [5, 5.41) is 0. The lowest BCUT2D eigenvalue weighted by atomic mass is 9.91. The van der Waals surface area contributed by atoms with Gasteiger partial charge >= 0.3 is 0 Å². The maximum Gasteiger partial charge on any atom is 0.124 e. The second kappa shape index (κ2) is 4.60. The first-order valence-corrected chi connectivity index (χ1v) is 7.75. The van der Waals surface area contributed by atoms with Gasteiger partial charge in [-0.25, -0.2) is 4.98 Å². The number of nitrogens with zero attached hydrogens (tertiary/aromatic N) is 4. The summed E-state index contributed by atoms with van der Waals surface area (Å²) in [5.41, 5.74) is 2.48. The van der Waals surface area contributed by atoms with E-state index in [1.807, 2.05) is 17.1 Å².